The van der Waals surface area contributed by atoms with E-state index in [9.17, 15) is 5.11 Å². The van der Waals surface area contributed by atoms with Crippen molar-refractivity contribution in [2.24, 2.45) is 0 Å². The second-order valence-electron chi connectivity index (χ2n) is 4.53. The average molecular weight is 263 g/mol. The van der Waals surface area contributed by atoms with Crippen molar-refractivity contribution in [3.63, 3.8) is 0 Å². The maximum atomic E-state index is 10.3. The zero-order chi connectivity index (χ0) is 13.1. The molecule has 2 heterocycles. The molecule has 3 nitrogen and oxygen atoms in total. The van der Waals surface area contributed by atoms with Crippen molar-refractivity contribution in [1.29, 1.82) is 0 Å². The number of hydrogen-bond donors (Lipinski definition) is 1. The molecule has 0 aliphatic carbocycles. The molecule has 0 aromatic carbocycles. The second kappa shape index (κ2) is 5.50. The van der Waals surface area contributed by atoms with Gasteiger partial charge >= 0.3 is 0 Å². The summed E-state index contributed by atoms with van der Waals surface area (Å²) in [5.41, 5.74) is 2.79. The number of nitrogens with zero attached hydrogens (tertiary/aromatic N) is 1. The highest BCUT2D eigenvalue weighted by Crippen LogP contribution is 2.28. The maximum Gasteiger partial charge on any atom is 0.138 e. The van der Waals surface area contributed by atoms with Crippen LogP contribution in [0.25, 0.3) is 0 Å². The van der Waals surface area contributed by atoms with Crippen LogP contribution in [0.15, 0.2) is 29.2 Å². The number of hydrogen-bond acceptors (Lipinski definition) is 4. The molecule has 0 radical (unpaired) electrons. The predicted molar refractivity (Wildman–Crippen MR) is 73.1 cm³/mol. The van der Waals surface area contributed by atoms with E-state index < -0.39 is 6.10 Å². The van der Waals surface area contributed by atoms with Gasteiger partial charge in [0.25, 0.3) is 0 Å². The van der Waals surface area contributed by atoms with Gasteiger partial charge in [-0.25, -0.2) is 0 Å². The number of ether oxygens (including phenoxy) is 1. The van der Waals surface area contributed by atoms with Gasteiger partial charge in [0.15, 0.2) is 0 Å². The van der Waals surface area contributed by atoms with Crippen LogP contribution in [0.1, 0.15) is 36.6 Å². The Morgan fingerprint density at radius 1 is 1.28 bits per heavy atom. The molecule has 2 aromatic rings. The van der Waals surface area contributed by atoms with Gasteiger partial charge in [0.2, 0.25) is 0 Å². The summed E-state index contributed by atoms with van der Waals surface area (Å²) in [6.45, 7) is 5.93. The van der Waals surface area contributed by atoms with Gasteiger partial charge in [0, 0.05) is 11.8 Å². The molecule has 96 valence electrons. The fraction of sp³-hybridized carbons (Fsp3) is 0.357. The predicted octanol–water partition coefficient (Wildman–Crippen LogP) is 3.32. The smallest absolute Gasteiger partial charge is 0.138 e. The first-order valence-corrected chi connectivity index (χ1v) is 6.84. The monoisotopic (exact) mass is 263 g/mol. The SMILES string of the molecule is Cc1cscc1C(O)c1cncc(OC(C)C)c1. The van der Waals surface area contributed by atoms with Crippen LogP contribution in [0, 0.1) is 6.92 Å². The lowest BCUT2D eigenvalue weighted by Gasteiger charge is -2.14. The van der Waals surface area contributed by atoms with Crippen LogP contribution in [0.4, 0.5) is 0 Å². The molecule has 1 N–H and O–H groups in total. The Balaban J connectivity index is 2.25. The van der Waals surface area contributed by atoms with Gasteiger partial charge in [-0.2, -0.15) is 11.3 Å². The molecule has 0 amide bonds. The minimum atomic E-state index is -0.639. The Labute approximate surface area is 111 Å². The summed E-state index contributed by atoms with van der Waals surface area (Å²) in [4.78, 5) is 4.12. The van der Waals surface area contributed by atoms with Crippen molar-refractivity contribution in [2.45, 2.75) is 33.0 Å². The summed E-state index contributed by atoms with van der Waals surface area (Å²) in [5.74, 6) is 0.689. The fourth-order valence-corrected chi connectivity index (χ4v) is 2.62. The van der Waals surface area contributed by atoms with Crippen LogP contribution in [0.3, 0.4) is 0 Å². The number of aryl methyl sites for hydroxylation is 1. The van der Waals surface area contributed by atoms with E-state index >= 15 is 0 Å². The van der Waals surface area contributed by atoms with E-state index in [2.05, 4.69) is 4.98 Å². The molecule has 18 heavy (non-hydrogen) atoms. The third-order valence-electron chi connectivity index (χ3n) is 2.61. The zero-order valence-electron chi connectivity index (χ0n) is 10.8. The normalized spacial score (nSPS) is 12.7. The summed E-state index contributed by atoms with van der Waals surface area (Å²) in [6.07, 6.45) is 2.80. The molecule has 0 saturated carbocycles. The molecule has 1 atom stereocenters. The molecule has 0 aliphatic rings. The van der Waals surface area contributed by atoms with Gasteiger partial charge < -0.3 is 9.84 Å². The summed E-state index contributed by atoms with van der Waals surface area (Å²) >= 11 is 1.59. The van der Waals surface area contributed by atoms with E-state index in [1.54, 1.807) is 23.7 Å². The van der Waals surface area contributed by atoms with Crippen LogP contribution in [0.5, 0.6) is 5.75 Å². The van der Waals surface area contributed by atoms with Gasteiger partial charge in [0.05, 0.1) is 12.3 Å². The summed E-state index contributed by atoms with van der Waals surface area (Å²) in [5, 5.41) is 14.3. The van der Waals surface area contributed by atoms with E-state index in [0.29, 0.717) is 5.75 Å². The maximum absolute atomic E-state index is 10.3. The average Bonchev–Trinajstić information content (AvgIpc) is 2.74. The highest BCUT2D eigenvalue weighted by molar-refractivity contribution is 7.08. The minimum absolute atomic E-state index is 0.0991. The Morgan fingerprint density at radius 3 is 2.67 bits per heavy atom. The largest absolute Gasteiger partial charge is 0.489 e. The minimum Gasteiger partial charge on any atom is -0.489 e. The Hall–Kier alpha value is -1.39. The molecule has 0 fully saturated rings. The lowest BCUT2D eigenvalue weighted by atomic mass is 10.0. The summed E-state index contributed by atoms with van der Waals surface area (Å²) < 4.78 is 5.58. The molecular weight excluding hydrogens is 246 g/mol. The van der Waals surface area contributed by atoms with Gasteiger partial charge in [0.1, 0.15) is 11.9 Å². The lowest BCUT2D eigenvalue weighted by molar-refractivity contribution is 0.215. The molecule has 0 bridgehead atoms. The van der Waals surface area contributed by atoms with Crippen LogP contribution in [-0.4, -0.2) is 16.2 Å². The third kappa shape index (κ3) is 2.89. The number of aliphatic hydroxyl groups is 1. The van der Waals surface area contributed by atoms with Crippen molar-refractivity contribution in [3.8, 4) is 5.75 Å². The van der Waals surface area contributed by atoms with Gasteiger partial charge in [-0.05, 0) is 48.7 Å². The molecule has 0 saturated heterocycles. The van der Waals surface area contributed by atoms with Crippen LogP contribution >= 0.6 is 11.3 Å². The van der Waals surface area contributed by atoms with Gasteiger partial charge in [-0.15, -0.1) is 0 Å². The first-order valence-electron chi connectivity index (χ1n) is 5.90. The van der Waals surface area contributed by atoms with E-state index in [0.717, 1.165) is 16.7 Å². The molecular formula is C14H17NO2S. The first kappa shape index (κ1) is 13.1. The van der Waals surface area contributed by atoms with E-state index in [1.807, 2.05) is 37.6 Å². The number of thiophene rings is 1. The molecule has 0 spiro atoms. The lowest BCUT2D eigenvalue weighted by Crippen LogP contribution is -2.07. The van der Waals surface area contributed by atoms with Crippen molar-refractivity contribution >= 4 is 11.3 Å². The zero-order valence-corrected chi connectivity index (χ0v) is 11.6. The van der Waals surface area contributed by atoms with Crippen LogP contribution < -0.4 is 4.74 Å². The Morgan fingerprint density at radius 2 is 2.06 bits per heavy atom. The Bertz CT molecular complexity index is 522. The molecule has 0 aliphatic heterocycles. The molecule has 4 heteroatoms. The van der Waals surface area contributed by atoms with E-state index in [-0.39, 0.29) is 6.10 Å². The number of aliphatic hydroxyl groups excluding tert-OH is 1. The van der Waals surface area contributed by atoms with Crippen molar-refractivity contribution in [2.75, 3.05) is 0 Å². The third-order valence-corrected chi connectivity index (χ3v) is 3.49. The summed E-state index contributed by atoms with van der Waals surface area (Å²) in [7, 11) is 0. The van der Waals surface area contributed by atoms with E-state index in [1.165, 1.54) is 0 Å². The standard InChI is InChI=1S/C14H17NO2S/c1-9(2)17-12-4-11(5-15-6-12)14(16)13-8-18-7-10(13)3/h4-9,14,16H,1-3H3. The number of rotatable bonds is 4. The first-order chi connectivity index (χ1) is 8.58. The quantitative estimate of drug-likeness (QED) is 0.920. The van der Waals surface area contributed by atoms with E-state index in [4.69, 9.17) is 4.74 Å². The highest BCUT2D eigenvalue weighted by atomic mass is 32.1. The number of aromatic nitrogens is 1. The summed E-state index contributed by atoms with van der Waals surface area (Å²) in [6, 6.07) is 1.84. The number of pyridine rings is 1. The van der Waals surface area contributed by atoms with Gasteiger partial charge in [-0.1, -0.05) is 0 Å². The highest BCUT2D eigenvalue weighted by Gasteiger charge is 2.15. The Kier molecular flexibility index (Phi) is 3.99. The fourth-order valence-electron chi connectivity index (χ4n) is 1.75. The molecule has 2 aromatic heterocycles. The molecule has 2 rings (SSSR count). The van der Waals surface area contributed by atoms with Crippen LogP contribution in [-0.2, 0) is 0 Å². The topological polar surface area (TPSA) is 42.4 Å². The van der Waals surface area contributed by atoms with Crippen LogP contribution in [0.2, 0.25) is 0 Å². The van der Waals surface area contributed by atoms with Gasteiger partial charge in [-0.3, -0.25) is 4.98 Å². The van der Waals surface area contributed by atoms with Crippen molar-refractivity contribution in [1.82, 2.24) is 4.98 Å². The molecule has 1 unspecified atom stereocenters. The van der Waals surface area contributed by atoms with Crippen molar-refractivity contribution in [3.05, 3.63) is 45.9 Å². The van der Waals surface area contributed by atoms with Crippen molar-refractivity contribution < 1.29 is 9.84 Å². The second-order valence-corrected chi connectivity index (χ2v) is 5.28.